The van der Waals surface area contributed by atoms with Gasteiger partial charge in [-0.05, 0) is 0 Å². The summed E-state index contributed by atoms with van der Waals surface area (Å²) in [5.41, 5.74) is 0. The summed E-state index contributed by atoms with van der Waals surface area (Å²) >= 11 is 0. The first-order valence-electron chi connectivity index (χ1n) is 8.14. The van der Waals surface area contributed by atoms with E-state index in [0.717, 1.165) is 5.92 Å². The molecule has 1 aliphatic heterocycles. The van der Waals surface area contributed by atoms with Crippen molar-refractivity contribution in [1.29, 1.82) is 0 Å². The fourth-order valence-corrected chi connectivity index (χ4v) is 5.77. The SMILES string of the molecule is CCCCCCCCCC1CC[PH](C)(C)CC1. The minimum absolute atomic E-state index is 0.702. The zero-order chi connectivity index (χ0) is 12.6. The fourth-order valence-electron chi connectivity index (χ4n) is 3.14. The van der Waals surface area contributed by atoms with Crippen molar-refractivity contribution in [1.82, 2.24) is 0 Å². The third-order valence-electron chi connectivity index (χ3n) is 4.67. The molecule has 1 heterocycles. The van der Waals surface area contributed by atoms with E-state index in [9.17, 15) is 0 Å². The van der Waals surface area contributed by atoms with E-state index in [2.05, 4.69) is 20.3 Å². The predicted molar refractivity (Wildman–Crippen MR) is 85.2 cm³/mol. The second-order valence-electron chi connectivity index (χ2n) is 7.02. The molecule has 0 nitrogen and oxygen atoms in total. The third kappa shape index (κ3) is 7.45. The number of hydrogen-bond donors (Lipinski definition) is 0. The van der Waals surface area contributed by atoms with Crippen LogP contribution in [0, 0.1) is 5.92 Å². The van der Waals surface area contributed by atoms with Gasteiger partial charge in [-0.15, -0.1) is 0 Å². The van der Waals surface area contributed by atoms with Gasteiger partial charge in [0.15, 0.2) is 0 Å². The van der Waals surface area contributed by atoms with Crippen molar-refractivity contribution in [3.8, 4) is 0 Å². The van der Waals surface area contributed by atoms with Gasteiger partial charge in [-0.2, -0.15) is 0 Å². The molecule has 104 valence electrons. The van der Waals surface area contributed by atoms with Gasteiger partial charge in [0, 0.05) is 0 Å². The van der Waals surface area contributed by atoms with E-state index in [4.69, 9.17) is 0 Å². The molecule has 0 aromatic heterocycles. The second kappa shape index (κ2) is 8.52. The van der Waals surface area contributed by atoms with Crippen molar-refractivity contribution in [2.75, 3.05) is 25.7 Å². The number of hydrogen-bond acceptors (Lipinski definition) is 0. The van der Waals surface area contributed by atoms with Crippen LogP contribution in [0.2, 0.25) is 0 Å². The summed E-state index contributed by atoms with van der Waals surface area (Å²) in [5, 5.41) is 0. The van der Waals surface area contributed by atoms with Gasteiger partial charge in [-0.3, -0.25) is 0 Å². The van der Waals surface area contributed by atoms with Crippen LogP contribution in [0.4, 0.5) is 0 Å². The molecule has 0 N–H and O–H groups in total. The van der Waals surface area contributed by atoms with E-state index in [1.54, 1.807) is 25.2 Å². The average Bonchev–Trinajstić information content (AvgIpc) is 2.30. The van der Waals surface area contributed by atoms with Crippen LogP contribution in [-0.2, 0) is 0 Å². The van der Waals surface area contributed by atoms with Gasteiger partial charge in [-0.1, -0.05) is 0 Å². The molecule has 0 aromatic rings. The Hall–Kier alpha value is 0.430. The minimum atomic E-state index is -0.702. The Balaban J connectivity index is 1.90. The van der Waals surface area contributed by atoms with Crippen molar-refractivity contribution in [2.45, 2.75) is 71.1 Å². The van der Waals surface area contributed by atoms with Crippen LogP contribution in [0.5, 0.6) is 0 Å². The molecule has 1 heteroatoms. The van der Waals surface area contributed by atoms with E-state index in [0.29, 0.717) is 0 Å². The van der Waals surface area contributed by atoms with Crippen LogP contribution < -0.4 is 0 Å². The zero-order valence-electron chi connectivity index (χ0n) is 12.6. The topological polar surface area (TPSA) is 0 Å². The molecule has 0 unspecified atom stereocenters. The van der Waals surface area contributed by atoms with Crippen molar-refractivity contribution in [3.63, 3.8) is 0 Å². The molecular formula is C16H35P. The fraction of sp³-hybridized carbons (Fsp3) is 1.00. The summed E-state index contributed by atoms with van der Waals surface area (Å²) < 4.78 is 0. The number of rotatable bonds is 8. The van der Waals surface area contributed by atoms with E-state index in [1.165, 1.54) is 51.4 Å². The molecule has 0 atom stereocenters. The van der Waals surface area contributed by atoms with Crippen LogP contribution in [0.1, 0.15) is 71.1 Å². The summed E-state index contributed by atoms with van der Waals surface area (Å²) in [4.78, 5) is 0. The molecule has 1 rings (SSSR count). The standard InChI is InChI=1S/C16H35P/c1-4-5-6-7-8-9-10-11-16-12-14-17(2,3)15-13-16/h16-17H,4-15H2,1-3H3. The third-order valence-corrected chi connectivity index (χ3v) is 7.96. The number of unbranched alkanes of at least 4 members (excludes halogenated alkanes) is 6. The first kappa shape index (κ1) is 15.5. The van der Waals surface area contributed by atoms with Crippen LogP contribution in [0.15, 0.2) is 0 Å². The molecule has 1 aliphatic rings. The van der Waals surface area contributed by atoms with Crippen LogP contribution in [0.25, 0.3) is 0 Å². The first-order chi connectivity index (χ1) is 8.14. The molecule has 17 heavy (non-hydrogen) atoms. The summed E-state index contributed by atoms with van der Waals surface area (Å²) in [5.74, 6) is 1.10. The van der Waals surface area contributed by atoms with Crippen molar-refractivity contribution in [2.24, 2.45) is 5.92 Å². The summed E-state index contributed by atoms with van der Waals surface area (Å²) in [7, 11) is -0.702. The molecule has 0 amide bonds. The van der Waals surface area contributed by atoms with Crippen molar-refractivity contribution < 1.29 is 0 Å². The van der Waals surface area contributed by atoms with Crippen LogP contribution in [0.3, 0.4) is 0 Å². The monoisotopic (exact) mass is 258 g/mol. The molecular weight excluding hydrogens is 223 g/mol. The quantitative estimate of drug-likeness (QED) is 0.396. The van der Waals surface area contributed by atoms with Crippen molar-refractivity contribution >= 4 is 7.26 Å². The predicted octanol–water partition coefficient (Wildman–Crippen LogP) is 5.55. The molecule has 0 aromatic carbocycles. The summed E-state index contributed by atoms with van der Waals surface area (Å²) in [6.45, 7) is 7.46. The van der Waals surface area contributed by atoms with Gasteiger partial charge >= 0.3 is 110 Å². The Labute approximate surface area is 110 Å². The summed E-state index contributed by atoms with van der Waals surface area (Å²) in [6.07, 6.45) is 18.2. The Kier molecular flexibility index (Phi) is 7.76. The maximum absolute atomic E-state index is 2.58. The van der Waals surface area contributed by atoms with Gasteiger partial charge in [0.05, 0.1) is 0 Å². The molecule has 0 spiro atoms. The Bertz CT molecular complexity index is 176. The normalized spacial score (nSPS) is 25.7. The Morgan fingerprint density at radius 3 is 1.94 bits per heavy atom. The Morgan fingerprint density at radius 2 is 1.35 bits per heavy atom. The molecule has 0 radical (unpaired) electrons. The van der Waals surface area contributed by atoms with Crippen LogP contribution >= 0.6 is 7.26 Å². The molecule has 1 saturated heterocycles. The van der Waals surface area contributed by atoms with Gasteiger partial charge < -0.3 is 0 Å². The van der Waals surface area contributed by atoms with Crippen LogP contribution in [-0.4, -0.2) is 25.7 Å². The van der Waals surface area contributed by atoms with Gasteiger partial charge in [0.25, 0.3) is 0 Å². The van der Waals surface area contributed by atoms with Gasteiger partial charge in [0.2, 0.25) is 0 Å². The van der Waals surface area contributed by atoms with Crippen molar-refractivity contribution in [3.05, 3.63) is 0 Å². The van der Waals surface area contributed by atoms with E-state index in [-0.39, 0.29) is 0 Å². The zero-order valence-corrected chi connectivity index (χ0v) is 13.6. The van der Waals surface area contributed by atoms with E-state index in [1.807, 2.05) is 0 Å². The average molecular weight is 258 g/mol. The second-order valence-corrected chi connectivity index (χ2v) is 12.3. The molecule has 0 saturated carbocycles. The molecule has 1 fully saturated rings. The first-order valence-corrected chi connectivity index (χ1v) is 11.6. The van der Waals surface area contributed by atoms with Gasteiger partial charge in [0.1, 0.15) is 0 Å². The van der Waals surface area contributed by atoms with E-state index >= 15 is 0 Å². The van der Waals surface area contributed by atoms with Gasteiger partial charge in [-0.25, -0.2) is 0 Å². The summed E-state index contributed by atoms with van der Waals surface area (Å²) in [6, 6.07) is 0. The molecule has 0 bridgehead atoms. The molecule has 0 aliphatic carbocycles. The van der Waals surface area contributed by atoms with E-state index < -0.39 is 7.26 Å². The maximum atomic E-state index is 2.58. The Morgan fingerprint density at radius 1 is 0.824 bits per heavy atom.